The number of nitro benzene ring substituents is 1. The van der Waals surface area contributed by atoms with Gasteiger partial charge in [0.25, 0.3) is 5.69 Å². The number of hydrogen-bond donors (Lipinski definition) is 2. The van der Waals surface area contributed by atoms with Gasteiger partial charge >= 0.3 is 0 Å². The highest BCUT2D eigenvalue weighted by atomic mass is 32.1. The van der Waals surface area contributed by atoms with Gasteiger partial charge in [0.15, 0.2) is 5.11 Å². The van der Waals surface area contributed by atoms with E-state index in [1.165, 1.54) is 18.3 Å². The third kappa shape index (κ3) is 6.21. The number of nitrogens with two attached hydrogens (primary N) is 1. The lowest BCUT2D eigenvalue weighted by Crippen LogP contribution is -2.23. The zero-order valence-electron chi connectivity index (χ0n) is 9.58. The minimum absolute atomic E-state index is 0.00859. The van der Waals surface area contributed by atoms with Gasteiger partial charge in [0.1, 0.15) is 0 Å². The van der Waals surface area contributed by atoms with E-state index in [1.54, 1.807) is 12.1 Å². The lowest BCUT2D eigenvalue weighted by molar-refractivity contribution is -0.384. The Balaban J connectivity index is 0.00000121. The Bertz CT molecular complexity index is 421. The molecule has 0 fully saturated rings. The number of non-ortho nitro benzene ring substituents is 1. The molecule has 3 N–H and O–H groups in total. The molecule has 0 radical (unpaired) electrons. The van der Waals surface area contributed by atoms with Crippen molar-refractivity contribution in [3.8, 4) is 0 Å². The van der Waals surface area contributed by atoms with E-state index in [0.717, 1.165) is 0 Å². The van der Waals surface area contributed by atoms with Crippen molar-refractivity contribution < 1.29 is 4.92 Å². The topological polar surface area (TPSA) is 93.5 Å². The lowest BCUT2D eigenvalue weighted by Gasteiger charge is -1.95. The monoisotopic (exact) mass is 254 g/mol. The Morgan fingerprint density at radius 3 is 2.76 bits per heavy atom. The molecule has 0 aliphatic carbocycles. The zero-order chi connectivity index (χ0) is 13.3. The lowest BCUT2D eigenvalue weighted by atomic mass is 10.2. The number of nitrogens with one attached hydrogen (secondary N) is 1. The molecule has 0 amide bonds. The SMILES string of the molecule is CC.NC(=S)N/N=C\c1cccc([N+](=O)[O-])c1. The quantitative estimate of drug-likeness (QED) is 0.371. The first-order valence-electron chi connectivity index (χ1n) is 4.92. The van der Waals surface area contributed by atoms with Gasteiger partial charge in [0, 0.05) is 17.7 Å². The van der Waals surface area contributed by atoms with Crippen LogP contribution in [-0.2, 0) is 0 Å². The zero-order valence-corrected chi connectivity index (χ0v) is 10.4. The molecule has 92 valence electrons. The average Bonchev–Trinajstić information content (AvgIpc) is 2.31. The molecule has 0 saturated heterocycles. The summed E-state index contributed by atoms with van der Waals surface area (Å²) < 4.78 is 0. The van der Waals surface area contributed by atoms with E-state index in [0.29, 0.717) is 5.56 Å². The van der Waals surface area contributed by atoms with Gasteiger partial charge in [0.2, 0.25) is 0 Å². The van der Waals surface area contributed by atoms with Gasteiger partial charge in [0.05, 0.1) is 11.1 Å². The van der Waals surface area contributed by atoms with Crippen LogP contribution in [-0.4, -0.2) is 16.3 Å². The number of hydrazone groups is 1. The molecule has 0 aliphatic rings. The number of nitro groups is 1. The van der Waals surface area contributed by atoms with Crippen LogP contribution in [0.3, 0.4) is 0 Å². The first-order valence-corrected chi connectivity index (χ1v) is 5.33. The molecule has 0 saturated carbocycles. The van der Waals surface area contributed by atoms with Gasteiger partial charge in [-0.25, -0.2) is 0 Å². The molecule has 0 spiro atoms. The van der Waals surface area contributed by atoms with E-state index in [4.69, 9.17) is 5.73 Å². The van der Waals surface area contributed by atoms with Crippen molar-refractivity contribution in [3.63, 3.8) is 0 Å². The number of nitrogens with zero attached hydrogens (tertiary/aromatic N) is 2. The standard InChI is InChI=1S/C8H8N4O2S.C2H6/c9-8(15)11-10-5-6-2-1-3-7(4-6)12(13)14;1-2/h1-5H,(H3,9,11,15);1-2H3/b10-5-;. The Hall–Kier alpha value is -2.02. The second-order valence-electron chi connectivity index (χ2n) is 2.59. The summed E-state index contributed by atoms with van der Waals surface area (Å²) in [6, 6.07) is 6.04. The van der Waals surface area contributed by atoms with Crippen LogP contribution in [0.2, 0.25) is 0 Å². The Morgan fingerprint density at radius 2 is 2.24 bits per heavy atom. The molecule has 1 aromatic rings. The van der Waals surface area contributed by atoms with Crippen molar-refractivity contribution >= 4 is 29.2 Å². The number of rotatable bonds is 3. The third-order valence-electron chi connectivity index (χ3n) is 1.47. The van der Waals surface area contributed by atoms with E-state index >= 15 is 0 Å². The predicted octanol–water partition coefficient (Wildman–Crippen LogP) is 1.79. The van der Waals surface area contributed by atoms with E-state index in [-0.39, 0.29) is 10.8 Å². The largest absolute Gasteiger partial charge is 0.375 e. The molecular formula is C10H14N4O2S. The highest BCUT2D eigenvalue weighted by Crippen LogP contribution is 2.11. The molecule has 6 nitrogen and oxygen atoms in total. The first kappa shape index (κ1) is 15.0. The summed E-state index contributed by atoms with van der Waals surface area (Å²) in [4.78, 5) is 9.97. The van der Waals surface area contributed by atoms with Crippen molar-refractivity contribution in [1.29, 1.82) is 0 Å². The van der Waals surface area contributed by atoms with Crippen LogP contribution in [0, 0.1) is 10.1 Å². The summed E-state index contributed by atoms with van der Waals surface area (Å²) in [5.41, 5.74) is 8.08. The van der Waals surface area contributed by atoms with Gasteiger partial charge in [-0.15, -0.1) is 0 Å². The van der Waals surface area contributed by atoms with E-state index in [1.807, 2.05) is 13.8 Å². The number of hydrogen-bond acceptors (Lipinski definition) is 4. The maximum absolute atomic E-state index is 10.4. The van der Waals surface area contributed by atoms with E-state index < -0.39 is 4.92 Å². The summed E-state index contributed by atoms with van der Waals surface area (Å²) in [5.74, 6) is 0. The fourth-order valence-electron chi connectivity index (χ4n) is 0.889. The second-order valence-corrected chi connectivity index (χ2v) is 3.03. The van der Waals surface area contributed by atoms with Crippen LogP contribution in [0.1, 0.15) is 19.4 Å². The fraction of sp³-hybridized carbons (Fsp3) is 0.200. The molecule has 0 heterocycles. The van der Waals surface area contributed by atoms with Crippen LogP contribution >= 0.6 is 12.2 Å². The van der Waals surface area contributed by atoms with Crippen LogP contribution in [0.5, 0.6) is 0 Å². The molecule has 0 bridgehead atoms. The summed E-state index contributed by atoms with van der Waals surface area (Å²) in [6.45, 7) is 4.00. The molecule has 0 aliphatic heterocycles. The van der Waals surface area contributed by atoms with E-state index in [2.05, 4.69) is 22.7 Å². The average molecular weight is 254 g/mol. The third-order valence-corrected chi connectivity index (χ3v) is 1.56. The maximum Gasteiger partial charge on any atom is 0.270 e. The normalized spacial score (nSPS) is 9.29. The van der Waals surface area contributed by atoms with Gasteiger partial charge in [-0.1, -0.05) is 26.0 Å². The van der Waals surface area contributed by atoms with Crippen molar-refractivity contribution in [2.45, 2.75) is 13.8 Å². The maximum atomic E-state index is 10.4. The number of thiocarbonyl (C=S) groups is 1. The van der Waals surface area contributed by atoms with Crippen LogP contribution in [0.4, 0.5) is 5.69 Å². The minimum Gasteiger partial charge on any atom is -0.375 e. The van der Waals surface area contributed by atoms with Crippen LogP contribution in [0.15, 0.2) is 29.4 Å². The Labute approximate surface area is 105 Å². The van der Waals surface area contributed by atoms with Crippen molar-refractivity contribution in [1.82, 2.24) is 5.43 Å². The summed E-state index contributed by atoms with van der Waals surface area (Å²) in [5, 5.41) is 14.2. The Kier molecular flexibility index (Phi) is 7.20. The first-order chi connectivity index (χ1) is 8.09. The Morgan fingerprint density at radius 1 is 1.59 bits per heavy atom. The number of benzene rings is 1. The van der Waals surface area contributed by atoms with Crippen LogP contribution in [0.25, 0.3) is 0 Å². The van der Waals surface area contributed by atoms with Gasteiger partial charge in [-0.05, 0) is 12.2 Å². The summed E-state index contributed by atoms with van der Waals surface area (Å²) >= 11 is 4.52. The minimum atomic E-state index is -0.474. The fourth-order valence-corrected chi connectivity index (χ4v) is 0.942. The highest BCUT2D eigenvalue weighted by molar-refractivity contribution is 7.80. The van der Waals surface area contributed by atoms with Crippen molar-refractivity contribution in [2.75, 3.05) is 0 Å². The molecule has 0 atom stereocenters. The van der Waals surface area contributed by atoms with Crippen molar-refractivity contribution in [3.05, 3.63) is 39.9 Å². The molecule has 0 unspecified atom stereocenters. The molecule has 17 heavy (non-hydrogen) atoms. The molecular weight excluding hydrogens is 240 g/mol. The van der Waals surface area contributed by atoms with Crippen molar-refractivity contribution in [2.24, 2.45) is 10.8 Å². The predicted molar refractivity (Wildman–Crippen MR) is 72.0 cm³/mol. The van der Waals surface area contributed by atoms with Gasteiger partial charge in [-0.3, -0.25) is 15.5 Å². The van der Waals surface area contributed by atoms with E-state index in [9.17, 15) is 10.1 Å². The second kappa shape index (κ2) is 8.17. The molecule has 1 rings (SSSR count). The molecule has 7 heteroatoms. The summed E-state index contributed by atoms with van der Waals surface area (Å²) in [7, 11) is 0. The van der Waals surface area contributed by atoms with Gasteiger partial charge < -0.3 is 5.73 Å². The smallest absolute Gasteiger partial charge is 0.270 e. The highest BCUT2D eigenvalue weighted by Gasteiger charge is 2.03. The van der Waals surface area contributed by atoms with Gasteiger partial charge in [-0.2, -0.15) is 5.10 Å². The molecule has 0 aromatic heterocycles. The van der Waals surface area contributed by atoms with Crippen LogP contribution < -0.4 is 11.2 Å². The molecule has 1 aromatic carbocycles. The summed E-state index contributed by atoms with van der Waals surface area (Å²) in [6.07, 6.45) is 1.40.